The van der Waals surface area contributed by atoms with Crippen LogP contribution in [0.15, 0.2) is 86.6 Å². The smallest absolute Gasteiger partial charge is 0.278 e. The molecular formula is C21H17Br2NO5S. The van der Waals surface area contributed by atoms with Crippen LogP contribution in [-0.4, -0.2) is 28.0 Å². The van der Waals surface area contributed by atoms with Crippen LogP contribution >= 0.6 is 31.9 Å². The number of rotatable bonds is 7. The number of anilines is 1. The molecule has 6 nitrogen and oxygen atoms in total. The van der Waals surface area contributed by atoms with Crippen molar-refractivity contribution in [2.24, 2.45) is 0 Å². The molecule has 0 heterocycles. The summed E-state index contributed by atoms with van der Waals surface area (Å²) < 4.78 is 39.4. The predicted octanol–water partition coefficient (Wildman–Crippen LogP) is 5.02. The molecule has 3 aromatic carbocycles. The second-order valence-electron chi connectivity index (χ2n) is 6.04. The van der Waals surface area contributed by atoms with Gasteiger partial charge in [-0.1, -0.05) is 34.1 Å². The average molecular weight is 555 g/mol. The third-order valence-corrected chi connectivity index (χ3v) is 6.94. The number of carbonyl (C=O) groups is 1. The van der Waals surface area contributed by atoms with Gasteiger partial charge in [-0.3, -0.25) is 4.79 Å². The Kier molecular flexibility index (Phi) is 7.17. The summed E-state index contributed by atoms with van der Waals surface area (Å²) in [7, 11) is -2.65. The van der Waals surface area contributed by atoms with Crippen LogP contribution in [0.4, 0.5) is 5.69 Å². The van der Waals surface area contributed by atoms with Crippen LogP contribution in [0, 0.1) is 0 Å². The van der Waals surface area contributed by atoms with Gasteiger partial charge >= 0.3 is 0 Å². The summed E-state index contributed by atoms with van der Waals surface area (Å²) in [6.45, 7) is -0.474. The second kappa shape index (κ2) is 9.63. The SMILES string of the molecule is COc1ccc(N(C(=O)COc2ccc(Br)cc2Br)S(=O)(=O)c2ccccc2)cc1. The first kappa shape index (κ1) is 22.3. The van der Waals surface area contributed by atoms with Crippen LogP contribution in [0.3, 0.4) is 0 Å². The summed E-state index contributed by atoms with van der Waals surface area (Å²) in [5, 5.41) is 0. The Morgan fingerprint density at radius 1 is 0.967 bits per heavy atom. The van der Waals surface area contributed by atoms with Crippen LogP contribution in [0.2, 0.25) is 0 Å². The summed E-state index contributed by atoms with van der Waals surface area (Å²) in [6, 6.07) is 19.1. The highest BCUT2D eigenvalue weighted by atomic mass is 79.9. The first-order valence-corrected chi connectivity index (χ1v) is 11.7. The van der Waals surface area contributed by atoms with Gasteiger partial charge in [-0.2, -0.15) is 4.31 Å². The highest BCUT2D eigenvalue weighted by Gasteiger charge is 2.31. The molecule has 0 fully saturated rings. The molecule has 3 aromatic rings. The van der Waals surface area contributed by atoms with Crippen molar-refractivity contribution < 1.29 is 22.7 Å². The molecule has 0 spiro atoms. The fourth-order valence-corrected chi connectivity index (χ4v) is 5.22. The topological polar surface area (TPSA) is 72.9 Å². The summed E-state index contributed by atoms with van der Waals surface area (Å²) in [4.78, 5) is 13.0. The van der Waals surface area contributed by atoms with Crippen molar-refractivity contribution in [3.63, 3.8) is 0 Å². The van der Waals surface area contributed by atoms with E-state index in [9.17, 15) is 13.2 Å². The van der Waals surface area contributed by atoms with Gasteiger partial charge < -0.3 is 9.47 Å². The summed E-state index contributed by atoms with van der Waals surface area (Å²) >= 11 is 6.70. The highest BCUT2D eigenvalue weighted by Crippen LogP contribution is 2.29. The van der Waals surface area contributed by atoms with Crippen LogP contribution in [0.1, 0.15) is 0 Å². The Balaban J connectivity index is 1.94. The fourth-order valence-electron chi connectivity index (χ4n) is 2.62. The lowest BCUT2D eigenvalue weighted by molar-refractivity contribution is -0.119. The summed E-state index contributed by atoms with van der Waals surface area (Å²) in [6.07, 6.45) is 0. The summed E-state index contributed by atoms with van der Waals surface area (Å²) in [5.41, 5.74) is 0.183. The molecular weight excluding hydrogens is 538 g/mol. The van der Waals surface area contributed by atoms with Crippen molar-refractivity contribution in [1.82, 2.24) is 0 Å². The molecule has 30 heavy (non-hydrogen) atoms. The van der Waals surface area contributed by atoms with Gasteiger partial charge in [0.25, 0.3) is 15.9 Å². The molecule has 3 rings (SSSR count). The number of sulfonamides is 1. The molecule has 0 saturated heterocycles. The molecule has 156 valence electrons. The number of amides is 1. The van der Waals surface area contributed by atoms with Crippen molar-refractivity contribution in [3.8, 4) is 11.5 Å². The van der Waals surface area contributed by atoms with E-state index in [0.29, 0.717) is 16.0 Å². The molecule has 0 bridgehead atoms. The number of hydrogen-bond donors (Lipinski definition) is 0. The first-order valence-electron chi connectivity index (χ1n) is 8.68. The lowest BCUT2D eigenvalue weighted by atomic mass is 10.3. The zero-order valence-electron chi connectivity index (χ0n) is 15.8. The van der Waals surface area contributed by atoms with Crippen LogP contribution in [0.25, 0.3) is 0 Å². The van der Waals surface area contributed by atoms with E-state index in [4.69, 9.17) is 9.47 Å². The number of methoxy groups -OCH3 is 1. The van der Waals surface area contributed by atoms with Gasteiger partial charge in [0, 0.05) is 4.47 Å². The zero-order chi connectivity index (χ0) is 21.7. The first-order chi connectivity index (χ1) is 14.3. The van der Waals surface area contributed by atoms with E-state index in [0.717, 1.165) is 8.78 Å². The van der Waals surface area contributed by atoms with Crippen molar-refractivity contribution in [2.45, 2.75) is 4.90 Å². The van der Waals surface area contributed by atoms with Gasteiger partial charge in [0.2, 0.25) is 0 Å². The van der Waals surface area contributed by atoms with Gasteiger partial charge in [0.15, 0.2) is 6.61 Å². The molecule has 1 amide bonds. The molecule has 0 radical (unpaired) electrons. The van der Waals surface area contributed by atoms with Crippen molar-refractivity contribution in [1.29, 1.82) is 0 Å². The maximum absolute atomic E-state index is 13.3. The van der Waals surface area contributed by atoms with Gasteiger partial charge in [0.1, 0.15) is 11.5 Å². The molecule has 9 heteroatoms. The monoisotopic (exact) mass is 553 g/mol. The second-order valence-corrected chi connectivity index (χ2v) is 9.59. The quantitative estimate of drug-likeness (QED) is 0.410. The van der Waals surface area contributed by atoms with Crippen molar-refractivity contribution >= 4 is 53.5 Å². The maximum atomic E-state index is 13.3. The van der Waals surface area contributed by atoms with E-state index in [1.807, 2.05) is 0 Å². The minimum absolute atomic E-state index is 0.000935. The summed E-state index contributed by atoms with van der Waals surface area (Å²) in [5.74, 6) is 0.218. The standard InChI is InChI=1S/C21H17Br2NO5S/c1-28-17-10-8-16(9-11-17)24(30(26,27)18-5-3-2-4-6-18)21(25)14-29-20-12-7-15(22)13-19(20)23/h2-13H,14H2,1H3. The van der Waals surface area contributed by atoms with Crippen LogP contribution in [-0.2, 0) is 14.8 Å². The highest BCUT2D eigenvalue weighted by molar-refractivity contribution is 9.11. The number of nitrogens with zero attached hydrogens (tertiary/aromatic N) is 1. The molecule has 0 saturated carbocycles. The maximum Gasteiger partial charge on any atom is 0.278 e. The minimum atomic E-state index is -4.15. The molecule has 0 N–H and O–H groups in total. The lowest BCUT2D eigenvalue weighted by Crippen LogP contribution is -2.40. The molecule has 0 aliphatic carbocycles. The third-order valence-electron chi connectivity index (χ3n) is 4.06. The van der Waals surface area contributed by atoms with E-state index in [1.165, 1.54) is 31.4 Å². The minimum Gasteiger partial charge on any atom is -0.497 e. The Morgan fingerprint density at radius 2 is 1.63 bits per heavy atom. The number of carbonyl (C=O) groups excluding carboxylic acids is 1. The lowest BCUT2D eigenvalue weighted by Gasteiger charge is -2.23. The van der Waals surface area contributed by atoms with Crippen molar-refractivity contribution in [2.75, 3.05) is 18.0 Å². The Bertz CT molecular complexity index is 1140. The number of benzene rings is 3. The molecule has 0 atom stereocenters. The average Bonchev–Trinajstić information content (AvgIpc) is 2.74. The molecule has 0 aliphatic rings. The fraction of sp³-hybridized carbons (Fsp3) is 0.0952. The number of halogens is 2. The Hall–Kier alpha value is -2.36. The molecule has 0 aromatic heterocycles. The number of ether oxygens (including phenoxy) is 2. The van der Waals surface area contributed by atoms with Gasteiger partial charge in [0.05, 0.1) is 22.2 Å². The van der Waals surface area contributed by atoms with Crippen molar-refractivity contribution in [3.05, 3.63) is 81.7 Å². The molecule has 0 aliphatic heterocycles. The van der Waals surface area contributed by atoms with Gasteiger partial charge in [-0.25, -0.2) is 8.42 Å². The molecule has 0 unspecified atom stereocenters. The third kappa shape index (κ3) is 5.03. The van der Waals surface area contributed by atoms with Gasteiger partial charge in [-0.15, -0.1) is 0 Å². The Morgan fingerprint density at radius 3 is 2.23 bits per heavy atom. The normalized spacial score (nSPS) is 11.0. The number of hydrogen-bond acceptors (Lipinski definition) is 5. The van der Waals surface area contributed by atoms with E-state index < -0.39 is 22.5 Å². The van der Waals surface area contributed by atoms with Gasteiger partial charge in [-0.05, 0) is 70.5 Å². The van der Waals surface area contributed by atoms with E-state index >= 15 is 0 Å². The van der Waals surface area contributed by atoms with E-state index in [2.05, 4.69) is 31.9 Å². The van der Waals surface area contributed by atoms with E-state index in [1.54, 1.807) is 48.5 Å². The predicted molar refractivity (Wildman–Crippen MR) is 121 cm³/mol. The van der Waals surface area contributed by atoms with Crippen LogP contribution < -0.4 is 13.8 Å². The Labute approximate surface area is 191 Å². The van der Waals surface area contributed by atoms with E-state index in [-0.39, 0.29) is 10.6 Å². The van der Waals surface area contributed by atoms with Crippen LogP contribution in [0.5, 0.6) is 11.5 Å². The zero-order valence-corrected chi connectivity index (χ0v) is 19.8. The largest absolute Gasteiger partial charge is 0.497 e.